The number of fused-ring (bicyclic) bond motifs is 1. The molecule has 0 unspecified atom stereocenters. The van der Waals surface area contributed by atoms with Crippen LogP contribution in [0.4, 0.5) is 0 Å². The first-order valence-corrected chi connectivity index (χ1v) is 10.2. The summed E-state index contributed by atoms with van der Waals surface area (Å²) in [7, 11) is 0. The standard InChI is InChI=1S/C25H25N3O2/c1-18-9-11-20(12-10-18)24(29)27-23(25(30)28-15-13-26-14-16-28)17-21-7-4-6-19-5-2-3-8-22(19)21/h2-12,17,26H,13-16H2,1H3,(H,27,29). The fourth-order valence-corrected chi connectivity index (χ4v) is 3.62. The van der Waals surface area contributed by atoms with E-state index in [2.05, 4.69) is 10.6 Å². The predicted octanol–water partition coefficient (Wildman–Crippen LogP) is 3.35. The lowest BCUT2D eigenvalue weighted by molar-refractivity contribution is -0.127. The van der Waals surface area contributed by atoms with Crippen molar-refractivity contribution in [3.05, 3.63) is 89.1 Å². The lowest BCUT2D eigenvalue weighted by Gasteiger charge is -2.28. The van der Waals surface area contributed by atoms with E-state index in [0.717, 1.165) is 35.0 Å². The fraction of sp³-hybridized carbons (Fsp3) is 0.200. The summed E-state index contributed by atoms with van der Waals surface area (Å²) in [5, 5.41) is 8.25. The molecule has 0 saturated carbocycles. The van der Waals surface area contributed by atoms with Crippen molar-refractivity contribution < 1.29 is 9.59 Å². The molecule has 0 bridgehead atoms. The average molecular weight is 399 g/mol. The zero-order valence-corrected chi connectivity index (χ0v) is 17.0. The van der Waals surface area contributed by atoms with Gasteiger partial charge >= 0.3 is 0 Å². The van der Waals surface area contributed by atoms with Gasteiger partial charge in [-0.25, -0.2) is 0 Å². The maximum Gasteiger partial charge on any atom is 0.270 e. The third-order valence-corrected chi connectivity index (χ3v) is 5.32. The molecular weight excluding hydrogens is 374 g/mol. The lowest BCUT2D eigenvalue weighted by Crippen LogP contribution is -2.48. The zero-order valence-electron chi connectivity index (χ0n) is 17.0. The van der Waals surface area contributed by atoms with E-state index in [9.17, 15) is 9.59 Å². The third kappa shape index (κ3) is 4.42. The van der Waals surface area contributed by atoms with Crippen molar-refractivity contribution in [3.8, 4) is 0 Å². The molecule has 0 radical (unpaired) electrons. The number of rotatable bonds is 4. The Labute approximate surface area is 176 Å². The Morgan fingerprint density at radius 3 is 2.40 bits per heavy atom. The lowest BCUT2D eigenvalue weighted by atomic mass is 10.0. The van der Waals surface area contributed by atoms with E-state index < -0.39 is 0 Å². The van der Waals surface area contributed by atoms with E-state index in [0.29, 0.717) is 24.4 Å². The van der Waals surface area contributed by atoms with Crippen LogP contribution in [-0.2, 0) is 4.79 Å². The minimum atomic E-state index is -0.287. The SMILES string of the molecule is Cc1ccc(C(=O)NC(=Cc2cccc3ccccc23)C(=O)N2CCNCC2)cc1. The van der Waals surface area contributed by atoms with Gasteiger partial charge in [0.15, 0.2) is 0 Å². The van der Waals surface area contributed by atoms with Crippen molar-refractivity contribution in [1.82, 2.24) is 15.5 Å². The summed E-state index contributed by atoms with van der Waals surface area (Å²) in [6.07, 6.45) is 1.79. The molecule has 1 aliphatic heterocycles. The molecule has 2 N–H and O–H groups in total. The molecular formula is C25H25N3O2. The van der Waals surface area contributed by atoms with Crippen LogP contribution >= 0.6 is 0 Å². The summed E-state index contributed by atoms with van der Waals surface area (Å²) in [6.45, 7) is 4.71. The Morgan fingerprint density at radius 1 is 0.933 bits per heavy atom. The molecule has 3 aromatic rings. The van der Waals surface area contributed by atoms with Crippen LogP contribution in [0.3, 0.4) is 0 Å². The van der Waals surface area contributed by atoms with Gasteiger partial charge in [0.1, 0.15) is 5.70 Å². The molecule has 1 saturated heterocycles. The van der Waals surface area contributed by atoms with Crippen molar-refractivity contribution in [2.45, 2.75) is 6.92 Å². The molecule has 0 atom stereocenters. The number of hydrogen-bond acceptors (Lipinski definition) is 3. The van der Waals surface area contributed by atoms with Gasteiger partial charge in [-0.05, 0) is 41.5 Å². The van der Waals surface area contributed by atoms with Crippen molar-refractivity contribution >= 4 is 28.7 Å². The van der Waals surface area contributed by atoms with Crippen molar-refractivity contribution in [2.75, 3.05) is 26.2 Å². The van der Waals surface area contributed by atoms with Crippen molar-refractivity contribution in [1.29, 1.82) is 0 Å². The minimum Gasteiger partial charge on any atom is -0.335 e. The van der Waals surface area contributed by atoms with Crippen molar-refractivity contribution in [2.24, 2.45) is 0 Å². The Kier molecular flexibility index (Phi) is 5.91. The van der Waals surface area contributed by atoms with Crippen LogP contribution in [0.5, 0.6) is 0 Å². The van der Waals surface area contributed by atoms with E-state index in [-0.39, 0.29) is 11.8 Å². The van der Waals surface area contributed by atoms with Crippen LogP contribution in [0.1, 0.15) is 21.5 Å². The number of carbonyl (C=O) groups is 2. The molecule has 0 aromatic heterocycles. The van der Waals surface area contributed by atoms with Gasteiger partial charge in [0.25, 0.3) is 11.8 Å². The summed E-state index contributed by atoms with van der Waals surface area (Å²) in [6, 6.07) is 21.3. The Morgan fingerprint density at radius 2 is 1.63 bits per heavy atom. The van der Waals surface area contributed by atoms with Crippen LogP contribution in [-0.4, -0.2) is 42.9 Å². The molecule has 0 aliphatic carbocycles. The molecule has 152 valence electrons. The first-order valence-electron chi connectivity index (χ1n) is 10.2. The maximum absolute atomic E-state index is 13.3. The van der Waals surface area contributed by atoms with Crippen LogP contribution in [0.25, 0.3) is 16.8 Å². The summed E-state index contributed by atoms with van der Waals surface area (Å²) >= 11 is 0. The molecule has 1 heterocycles. The van der Waals surface area contributed by atoms with Crippen LogP contribution < -0.4 is 10.6 Å². The average Bonchev–Trinajstić information content (AvgIpc) is 2.79. The Hall–Kier alpha value is -3.44. The largest absolute Gasteiger partial charge is 0.335 e. The fourth-order valence-electron chi connectivity index (χ4n) is 3.62. The molecule has 5 nitrogen and oxygen atoms in total. The van der Waals surface area contributed by atoms with Gasteiger partial charge in [-0.3, -0.25) is 9.59 Å². The summed E-state index contributed by atoms with van der Waals surface area (Å²) in [4.78, 5) is 27.9. The molecule has 2 amide bonds. The quantitative estimate of drug-likeness (QED) is 0.662. The number of nitrogens with zero attached hydrogens (tertiary/aromatic N) is 1. The topological polar surface area (TPSA) is 61.4 Å². The normalized spacial score (nSPS) is 14.6. The van der Waals surface area contributed by atoms with Gasteiger partial charge in [-0.1, -0.05) is 60.2 Å². The monoisotopic (exact) mass is 399 g/mol. The minimum absolute atomic E-state index is 0.162. The third-order valence-electron chi connectivity index (χ3n) is 5.32. The highest BCUT2D eigenvalue weighted by molar-refractivity contribution is 6.06. The number of benzene rings is 3. The molecule has 5 heteroatoms. The van der Waals surface area contributed by atoms with E-state index in [4.69, 9.17) is 0 Å². The van der Waals surface area contributed by atoms with Crippen LogP contribution in [0.15, 0.2) is 72.4 Å². The Balaban J connectivity index is 1.70. The highest BCUT2D eigenvalue weighted by atomic mass is 16.2. The van der Waals surface area contributed by atoms with E-state index in [1.807, 2.05) is 61.5 Å². The number of hydrogen-bond donors (Lipinski definition) is 2. The first-order chi connectivity index (χ1) is 14.6. The van der Waals surface area contributed by atoms with Gasteiger partial charge in [-0.2, -0.15) is 0 Å². The number of nitrogens with one attached hydrogen (secondary N) is 2. The van der Waals surface area contributed by atoms with Gasteiger partial charge in [0.05, 0.1) is 0 Å². The highest BCUT2D eigenvalue weighted by Crippen LogP contribution is 2.21. The van der Waals surface area contributed by atoms with Crippen molar-refractivity contribution in [3.63, 3.8) is 0 Å². The summed E-state index contributed by atoms with van der Waals surface area (Å²) in [5.41, 5.74) is 2.79. The number of carbonyl (C=O) groups excluding carboxylic acids is 2. The van der Waals surface area contributed by atoms with Gasteiger partial charge in [0.2, 0.25) is 0 Å². The molecule has 0 spiro atoms. The van der Waals surface area contributed by atoms with Gasteiger partial charge in [0, 0.05) is 31.7 Å². The second-order valence-corrected chi connectivity index (χ2v) is 7.49. The molecule has 3 aromatic carbocycles. The second-order valence-electron chi connectivity index (χ2n) is 7.49. The first kappa shape index (κ1) is 19.9. The van der Waals surface area contributed by atoms with Crippen LogP contribution in [0, 0.1) is 6.92 Å². The van der Waals surface area contributed by atoms with E-state index >= 15 is 0 Å². The Bertz CT molecular complexity index is 1090. The smallest absolute Gasteiger partial charge is 0.270 e. The molecule has 1 aliphatic rings. The van der Waals surface area contributed by atoms with Gasteiger partial charge in [-0.15, -0.1) is 0 Å². The number of piperazine rings is 1. The number of amides is 2. The maximum atomic E-state index is 13.3. The van der Waals surface area contributed by atoms with Crippen LogP contribution in [0.2, 0.25) is 0 Å². The highest BCUT2D eigenvalue weighted by Gasteiger charge is 2.22. The second kappa shape index (κ2) is 8.93. The molecule has 30 heavy (non-hydrogen) atoms. The molecule has 4 rings (SSSR count). The number of aryl methyl sites for hydroxylation is 1. The summed E-state index contributed by atoms with van der Waals surface area (Å²) < 4.78 is 0. The summed E-state index contributed by atoms with van der Waals surface area (Å²) in [5.74, 6) is -0.449. The van der Waals surface area contributed by atoms with Gasteiger partial charge < -0.3 is 15.5 Å². The van der Waals surface area contributed by atoms with E-state index in [1.54, 1.807) is 23.1 Å². The van der Waals surface area contributed by atoms with E-state index in [1.165, 1.54) is 0 Å². The zero-order chi connectivity index (χ0) is 20.9. The molecule has 1 fully saturated rings. The predicted molar refractivity (Wildman–Crippen MR) is 120 cm³/mol.